The molecular formula is C25H20N4O2. The second kappa shape index (κ2) is 7.09. The van der Waals surface area contributed by atoms with Crippen LogP contribution in [0.15, 0.2) is 71.7 Å². The third-order valence-corrected chi connectivity index (χ3v) is 5.92. The zero-order chi connectivity index (χ0) is 20.8. The summed E-state index contributed by atoms with van der Waals surface area (Å²) in [6.45, 7) is 0. The van der Waals surface area contributed by atoms with Crippen LogP contribution in [0.5, 0.6) is 0 Å². The molecule has 0 unspecified atom stereocenters. The first-order chi connectivity index (χ1) is 15.2. The highest BCUT2D eigenvalue weighted by Gasteiger charge is 2.17. The number of nitrogens with zero attached hydrogens (tertiary/aromatic N) is 3. The van der Waals surface area contributed by atoms with Crippen molar-refractivity contribution in [2.24, 2.45) is 0 Å². The number of aromatic nitrogens is 3. The normalized spacial score (nSPS) is 13.0. The Morgan fingerprint density at radius 1 is 1.13 bits per heavy atom. The van der Waals surface area contributed by atoms with E-state index in [2.05, 4.69) is 27.4 Å². The van der Waals surface area contributed by atoms with Crippen LogP contribution in [0.1, 0.15) is 23.1 Å². The Kier molecular flexibility index (Phi) is 4.09. The maximum Gasteiger partial charge on any atom is 0.234 e. The van der Waals surface area contributed by atoms with E-state index in [9.17, 15) is 4.79 Å². The topological polar surface area (TPSA) is 72.4 Å². The van der Waals surface area contributed by atoms with Gasteiger partial charge in [0, 0.05) is 40.8 Å². The van der Waals surface area contributed by atoms with Gasteiger partial charge in [-0.1, -0.05) is 12.1 Å². The molecule has 6 rings (SSSR count). The molecule has 6 nitrogen and oxygen atoms in total. The predicted molar refractivity (Wildman–Crippen MR) is 119 cm³/mol. The van der Waals surface area contributed by atoms with Gasteiger partial charge in [-0.3, -0.25) is 9.20 Å². The van der Waals surface area contributed by atoms with E-state index in [-0.39, 0.29) is 12.3 Å². The lowest BCUT2D eigenvalue weighted by Crippen LogP contribution is -2.14. The van der Waals surface area contributed by atoms with Crippen LogP contribution in [0, 0.1) is 0 Å². The molecule has 0 atom stereocenters. The number of benzene rings is 2. The SMILES string of the molecule is O=C(Cc1coc2cc3c(cc12)CCC3)Nc1ccc(-c2cn3cccnc3n2)cc1. The Morgan fingerprint density at radius 3 is 2.81 bits per heavy atom. The number of furan rings is 1. The molecule has 1 aliphatic carbocycles. The van der Waals surface area contributed by atoms with Crippen LogP contribution >= 0.6 is 0 Å². The van der Waals surface area contributed by atoms with E-state index >= 15 is 0 Å². The van der Waals surface area contributed by atoms with Crippen LogP contribution in [0.2, 0.25) is 0 Å². The minimum absolute atomic E-state index is 0.0621. The van der Waals surface area contributed by atoms with Gasteiger partial charge in [-0.25, -0.2) is 9.97 Å². The molecule has 5 aromatic rings. The van der Waals surface area contributed by atoms with Gasteiger partial charge < -0.3 is 9.73 Å². The quantitative estimate of drug-likeness (QED) is 0.463. The molecule has 1 aliphatic rings. The van der Waals surface area contributed by atoms with Gasteiger partial charge in [-0.05, 0) is 60.7 Å². The molecular weight excluding hydrogens is 388 g/mol. The van der Waals surface area contributed by atoms with E-state index in [1.54, 1.807) is 12.5 Å². The highest BCUT2D eigenvalue weighted by Crippen LogP contribution is 2.30. The zero-order valence-electron chi connectivity index (χ0n) is 16.8. The molecule has 3 heterocycles. The van der Waals surface area contributed by atoms with Crippen molar-refractivity contribution in [1.29, 1.82) is 0 Å². The van der Waals surface area contributed by atoms with Crippen LogP contribution in [0.4, 0.5) is 5.69 Å². The number of hydrogen-bond acceptors (Lipinski definition) is 4. The second-order valence-electron chi connectivity index (χ2n) is 7.99. The fourth-order valence-corrected chi connectivity index (χ4v) is 4.36. The summed E-state index contributed by atoms with van der Waals surface area (Å²) in [5.74, 6) is 0.598. The van der Waals surface area contributed by atoms with E-state index in [0.29, 0.717) is 5.78 Å². The molecule has 31 heavy (non-hydrogen) atoms. The summed E-state index contributed by atoms with van der Waals surface area (Å²) in [6.07, 6.45) is 11.0. The Bertz CT molecular complexity index is 1400. The molecule has 6 heteroatoms. The van der Waals surface area contributed by atoms with Crippen molar-refractivity contribution >= 4 is 28.3 Å². The van der Waals surface area contributed by atoms with Crippen molar-refractivity contribution in [3.63, 3.8) is 0 Å². The van der Waals surface area contributed by atoms with E-state index in [0.717, 1.165) is 46.3 Å². The summed E-state index contributed by atoms with van der Waals surface area (Å²) in [5.41, 5.74) is 7.12. The lowest BCUT2D eigenvalue weighted by molar-refractivity contribution is -0.115. The molecule has 0 fully saturated rings. The Labute approximate surface area is 178 Å². The van der Waals surface area contributed by atoms with E-state index < -0.39 is 0 Å². The molecule has 0 saturated carbocycles. The number of amides is 1. The third-order valence-electron chi connectivity index (χ3n) is 5.92. The van der Waals surface area contributed by atoms with Gasteiger partial charge in [0.05, 0.1) is 18.4 Å². The van der Waals surface area contributed by atoms with Crippen molar-refractivity contribution in [3.8, 4) is 11.3 Å². The summed E-state index contributed by atoms with van der Waals surface area (Å²) in [6, 6.07) is 13.9. The molecule has 1 amide bonds. The summed E-state index contributed by atoms with van der Waals surface area (Å²) in [4.78, 5) is 21.4. The van der Waals surface area contributed by atoms with E-state index in [1.807, 2.05) is 47.1 Å². The molecule has 1 N–H and O–H groups in total. The summed E-state index contributed by atoms with van der Waals surface area (Å²) in [7, 11) is 0. The van der Waals surface area contributed by atoms with Crippen LogP contribution in [0.25, 0.3) is 28.0 Å². The fraction of sp³-hybridized carbons (Fsp3) is 0.160. The number of imidazole rings is 1. The lowest BCUT2D eigenvalue weighted by atomic mass is 10.0. The predicted octanol–water partition coefficient (Wildman–Crippen LogP) is 4.81. The van der Waals surface area contributed by atoms with Crippen LogP contribution in [-0.4, -0.2) is 20.3 Å². The van der Waals surface area contributed by atoms with Gasteiger partial charge in [-0.15, -0.1) is 0 Å². The van der Waals surface area contributed by atoms with Gasteiger partial charge >= 0.3 is 0 Å². The van der Waals surface area contributed by atoms with Gasteiger partial charge in [-0.2, -0.15) is 0 Å². The molecule has 2 aromatic carbocycles. The molecule has 0 aliphatic heterocycles. The van der Waals surface area contributed by atoms with Crippen LogP contribution < -0.4 is 5.32 Å². The summed E-state index contributed by atoms with van der Waals surface area (Å²) in [5, 5.41) is 4.03. The number of rotatable bonds is 4. The van der Waals surface area contributed by atoms with Crippen molar-refractivity contribution in [2.75, 3.05) is 5.32 Å². The van der Waals surface area contributed by atoms with Crippen molar-refractivity contribution < 1.29 is 9.21 Å². The molecule has 0 saturated heterocycles. The smallest absolute Gasteiger partial charge is 0.234 e. The monoisotopic (exact) mass is 408 g/mol. The number of carbonyl (C=O) groups is 1. The number of hydrogen-bond donors (Lipinski definition) is 1. The number of carbonyl (C=O) groups excluding carboxylic acids is 1. The number of nitrogens with one attached hydrogen (secondary N) is 1. The molecule has 0 radical (unpaired) electrons. The van der Waals surface area contributed by atoms with Crippen molar-refractivity contribution in [2.45, 2.75) is 25.7 Å². The zero-order valence-corrected chi connectivity index (χ0v) is 16.8. The average Bonchev–Trinajstić information content (AvgIpc) is 3.51. The summed E-state index contributed by atoms with van der Waals surface area (Å²) >= 11 is 0. The molecule has 0 bridgehead atoms. The van der Waals surface area contributed by atoms with E-state index in [1.165, 1.54) is 17.5 Å². The maximum atomic E-state index is 12.7. The highest BCUT2D eigenvalue weighted by atomic mass is 16.3. The number of aryl methyl sites for hydroxylation is 2. The number of fused-ring (bicyclic) bond motifs is 3. The fourth-order valence-electron chi connectivity index (χ4n) is 4.36. The summed E-state index contributed by atoms with van der Waals surface area (Å²) < 4.78 is 7.61. The minimum Gasteiger partial charge on any atom is -0.464 e. The van der Waals surface area contributed by atoms with Crippen LogP contribution in [0.3, 0.4) is 0 Å². The van der Waals surface area contributed by atoms with Crippen LogP contribution in [-0.2, 0) is 24.1 Å². The van der Waals surface area contributed by atoms with E-state index in [4.69, 9.17) is 4.42 Å². The number of anilines is 1. The largest absolute Gasteiger partial charge is 0.464 e. The van der Waals surface area contributed by atoms with Gasteiger partial charge in [0.2, 0.25) is 11.7 Å². The second-order valence-corrected chi connectivity index (χ2v) is 7.99. The Balaban J connectivity index is 1.18. The minimum atomic E-state index is -0.0621. The maximum absolute atomic E-state index is 12.7. The van der Waals surface area contributed by atoms with Gasteiger partial charge in [0.1, 0.15) is 5.58 Å². The first kappa shape index (κ1) is 17.9. The lowest BCUT2D eigenvalue weighted by Gasteiger charge is -2.06. The highest BCUT2D eigenvalue weighted by molar-refractivity contribution is 5.95. The average molecular weight is 408 g/mol. The van der Waals surface area contributed by atoms with Gasteiger partial charge in [0.15, 0.2) is 0 Å². The first-order valence-electron chi connectivity index (χ1n) is 10.4. The Hall–Kier alpha value is -3.93. The first-order valence-corrected chi connectivity index (χ1v) is 10.4. The molecule has 0 spiro atoms. The molecule has 152 valence electrons. The van der Waals surface area contributed by atoms with Gasteiger partial charge in [0.25, 0.3) is 0 Å². The standard InChI is InChI=1S/C25H20N4O2/c30-24(13-19-15-31-23-12-18-4-1-3-17(18)11-21(19)23)27-20-7-5-16(6-8-20)22-14-29-10-2-9-26-25(29)28-22/h2,5-12,14-15H,1,3-4,13H2,(H,27,30). The van der Waals surface area contributed by atoms with Crippen molar-refractivity contribution in [1.82, 2.24) is 14.4 Å². The molecule has 3 aromatic heterocycles. The third kappa shape index (κ3) is 3.26. The Morgan fingerprint density at radius 2 is 1.97 bits per heavy atom. The van der Waals surface area contributed by atoms with Crippen molar-refractivity contribution in [3.05, 3.63) is 84.0 Å².